The van der Waals surface area contributed by atoms with E-state index in [1.165, 1.54) is 0 Å². The molecule has 0 amide bonds. The van der Waals surface area contributed by atoms with Crippen LogP contribution in [-0.4, -0.2) is 4.98 Å². The third-order valence-electron chi connectivity index (χ3n) is 0.717. The van der Waals surface area contributed by atoms with E-state index in [-0.39, 0.29) is 0 Å². The summed E-state index contributed by atoms with van der Waals surface area (Å²) >= 11 is 3.80. The molecule has 0 aromatic carbocycles. The third-order valence-corrected chi connectivity index (χ3v) is 2.70. The standard InChI is InChI=1S/C4H5IN2S/c1-2-7-4(6)3(5)8-2/h6H2,1H3. The van der Waals surface area contributed by atoms with Crippen LogP contribution >= 0.6 is 33.9 Å². The minimum atomic E-state index is 0.660. The molecule has 1 aromatic rings. The van der Waals surface area contributed by atoms with Gasteiger partial charge in [0.1, 0.15) is 8.70 Å². The molecule has 0 fully saturated rings. The molecule has 1 heterocycles. The van der Waals surface area contributed by atoms with Crippen LogP contribution in [0.15, 0.2) is 0 Å². The van der Waals surface area contributed by atoms with Crippen molar-refractivity contribution in [2.75, 3.05) is 5.73 Å². The molecule has 2 nitrogen and oxygen atoms in total. The number of thiazole rings is 1. The first-order chi connectivity index (χ1) is 3.70. The van der Waals surface area contributed by atoms with Gasteiger partial charge in [0.15, 0.2) is 0 Å². The number of anilines is 1. The van der Waals surface area contributed by atoms with Gasteiger partial charge in [-0.25, -0.2) is 4.98 Å². The van der Waals surface area contributed by atoms with Gasteiger partial charge in [-0.3, -0.25) is 0 Å². The molecular formula is C4H5IN2S. The number of rotatable bonds is 0. The van der Waals surface area contributed by atoms with E-state index in [0.29, 0.717) is 5.82 Å². The van der Waals surface area contributed by atoms with Gasteiger partial charge in [-0.2, -0.15) is 0 Å². The molecule has 0 aliphatic carbocycles. The number of nitrogens with zero attached hydrogens (tertiary/aromatic N) is 1. The summed E-state index contributed by atoms with van der Waals surface area (Å²) < 4.78 is 1.08. The molecule has 0 saturated carbocycles. The Morgan fingerprint density at radius 1 is 1.75 bits per heavy atom. The molecule has 4 heteroatoms. The van der Waals surface area contributed by atoms with Crippen LogP contribution in [-0.2, 0) is 0 Å². The maximum Gasteiger partial charge on any atom is 0.148 e. The first-order valence-electron chi connectivity index (χ1n) is 2.08. The third kappa shape index (κ3) is 1.11. The van der Waals surface area contributed by atoms with Crippen LogP contribution in [0.1, 0.15) is 5.01 Å². The molecule has 8 heavy (non-hydrogen) atoms. The summed E-state index contributed by atoms with van der Waals surface area (Å²) in [4.78, 5) is 4.00. The summed E-state index contributed by atoms with van der Waals surface area (Å²) in [5, 5.41) is 1.03. The molecule has 0 spiro atoms. The Hall–Kier alpha value is 0.160. The summed E-state index contributed by atoms with van der Waals surface area (Å²) in [6.07, 6.45) is 0. The number of aromatic nitrogens is 1. The maximum atomic E-state index is 5.43. The molecule has 0 atom stereocenters. The number of hydrogen-bond donors (Lipinski definition) is 1. The van der Waals surface area contributed by atoms with Crippen molar-refractivity contribution in [2.24, 2.45) is 0 Å². The second-order valence-corrected chi connectivity index (χ2v) is 4.41. The number of aryl methyl sites for hydroxylation is 1. The molecule has 0 aliphatic heterocycles. The van der Waals surface area contributed by atoms with Crippen LogP contribution in [0.25, 0.3) is 0 Å². The lowest BCUT2D eigenvalue weighted by Crippen LogP contribution is -1.84. The first kappa shape index (κ1) is 6.28. The molecule has 0 saturated heterocycles. The second-order valence-electron chi connectivity index (χ2n) is 1.39. The maximum absolute atomic E-state index is 5.43. The Morgan fingerprint density at radius 2 is 2.38 bits per heavy atom. The quantitative estimate of drug-likeness (QED) is 0.700. The summed E-state index contributed by atoms with van der Waals surface area (Å²) in [6, 6.07) is 0. The van der Waals surface area contributed by atoms with Crippen molar-refractivity contribution in [2.45, 2.75) is 6.92 Å². The van der Waals surface area contributed by atoms with Gasteiger partial charge in [0, 0.05) is 0 Å². The van der Waals surface area contributed by atoms with E-state index in [1.807, 2.05) is 6.92 Å². The lowest BCUT2D eigenvalue weighted by Gasteiger charge is -1.77. The van der Waals surface area contributed by atoms with Gasteiger partial charge in [-0.15, -0.1) is 11.3 Å². The van der Waals surface area contributed by atoms with Crippen LogP contribution in [0.5, 0.6) is 0 Å². The summed E-state index contributed by atoms with van der Waals surface area (Å²) in [5.74, 6) is 0.660. The summed E-state index contributed by atoms with van der Waals surface area (Å²) in [7, 11) is 0. The van der Waals surface area contributed by atoms with Gasteiger partial charge in [0.25, 0.3) is 0 Å². The lowest BCUT2D eigenvalue weighted by atomic mass is 10.8. The first-order valence-corrected chi connectivity index (χ1v) is 3.98. The van der Waals surface area contributed by atoms with E-state index < -0.39 is 0 Å². The molecule has 0 aliphatic rings. The van der Waals surface area contributed by atoms with E-state index in [2.05, 4.69) is 27.6 Å². The average molecular weight is 240 g/mol. The van der Waals surface area contributed by atoms with Gasteiger partial charge in [0.05, 0.1) is 5.01 Å². The monoisotopic (exact) mass is 240 g/mol. The summed E-state index contributed by atoms with van der Waals surface area (Å²) in [5.41, 5.74) is 5.43. The average Bonchev–Trinajstić information content (AvgIpc) is 1.85. The van der Waals surface area contributed by atoms with Crippen molar-refractivity contribution < 1.29 is 0 Å². The zero-order valence-electron chi connectivity index (χ0n) is 4.31. The SMILES string of the molecule is Cc1nc(N)c(I)s1. The predicted molar refractivity (Wildman–Crippen MR) is 44.0 cm³/mol. The minimum absolute atomic E-state index is 0.660. The number of halogens is 1. The Labute approximate surface area is 65.3 Å². The van der Waals surface area contributed by atoms with Crippen molar-refractivity contribution in [3.63, 3.8) is 0 Å². The normalized spacial score (nSPS) is 9.75. The fourth-order valence-electron chi connectivity index (χ4n) is 0.418. The fraction of sp³-hybridized carbons (Fsp3) is 0.250. The van der Waals surface area contributed by atoms with Crippen molar-refractivity contribution in [1.29, 1.82) is 0 Å². The largest absolute Gasteiger partial charge is 0.382 e. The highest BCUT2D eigenvalue weighted by Gasteiger charge is 1.98. The molecular weight excluding hydrogens is 235 g/mol. The van der Waals surface area contributed by atoms with E-state index >= 15 is 0 Å². The van der Waals surface area contributed by atoms with E-state index in [4.69, 9.17) is 5.73 Å². The van der Waals surface area contributed by atoms with Crippen molar-refractivity contribution in [1.82, 2.24) is 4.98 Å². The van der Waals surface area contributed by atoms with E-state index in [9.17, 15) is 0 Å². The molecule has 2 N–H and O–H groups in total. The van der Waals surface area contributed by atoms with Gasteiger partial charge in [-0.05, 0) is 29.5 Å². The van der Waals surface area contributed by atoms with Crippen molar-refractivity contribution in [3.05, 3.63) is 7.89 Å². The smallest absolute Gasteiger partial charge is 0.148 e. The van der Waals surface area contributed by atoms with E-state index in [1.54, 1.807) is 11.3 Å². The molecule has 0 bridgehead atoms. The fourth-order valence-corrected chi connectivity index (χ4v) is 2.05. The zero-order chi connectivity index (χ0) is 6.15. The van der Waals surface area contributed by atoms with Gasteiger partial charge < -0.3 is 5.73 Å². The molecule has 1 rings (SSSR count). The molecule has 1 aromatic heterocycles. The number of nitrogens with two attached hydrogens (primary N) is 1. The zero-order valence-corrected chi connectivity index (χ0v) is 7.28. The van der Waals surface area contributed by atoms with Gasteiger partial charge >= 0.3 is 0 Å². The predicted octanol–water partition coefficient (Wildman–Crippen LogP) is 1.64. The topological polar surface area (TPSA) is 38.9 Å². The number of nitrogen functional groups attached to an aromatic ring is 1. The highest BCUT2D eigenvalue weighted by Crippen LogP contribution is 2.20. The summed E-state index contributed by atoms with van der Waals surface area (Å²) in [6.45, 7) is 1.95. The van der Waals surface area contributed by atoms with Crippen LogP contribution in [0, 0.1) is 9.81 Å². The Bertz CT molecular complexity index is 176. The van der Waals surface area contributed by atoms with Crippen LogP contribution < -0.4 is 5.73 Å². The molecule has 0 radical (unpaired) electrons. The van der Waals surface area contributed by atoms with E-state index in [0.717, 1.165) is 7.89 Å². The highest BCUT2D eigenvalue weighted by molar-refractivity contribution is 14.1. The van der Waals surface area contributed by atoms with Crippen LogP contribution in [0.2, 0.25) is 0 Å². The van der Waals surface area contributed by atoms with Crippen LogP contribution in [0.3, 0.4) is 0 Å². The van der Waals surface area contributed by atoms with Crippen LogP contribution in [0.4, 0.5) is 5.82 Å². The van der Waals surface area contributed by atoms with Crippen molar-refractivity contribution >= 4 is 39.7 Å². The molecule has 44 valence electrons. The van der Waals surface area contributed by atoms with Crippen molar-refractivity contribution in [3.8, 4) is 0 Å². The lowest BCUT2D eigenvalue weighted by molar-refractivity contribution is 1.30. The highest BCUT2D eigenvalue weighted by atomic mass is 127. The Balaban J connectivity index is 3.14. The van der Waals surface area contributed by atoms with Gasteiger partial charge in [0.2, 0.25) is 0 Å². The Kier molecular flexibility index (Phi) is 1.71. The number of hydrogen-bond acceptors (Lipinski definition) is 3. The van der Waals surface area contributed by atoms with Gasteiger partial charge in [-0.1, -0.05) is 0 Å². The Morgan fingerprint density at radius 3 is 2.50 bits per heavy atom. The second kappa shape index (κ2) is 2.18. The minimum Gasteiger partial charge on any atom is -0.382 e. The molecule has 0 unspecified atom stereocenters.